The molecule has 0 unspecified atom stereocenters. The zero-order valence-electron chi connectivity index (χ0n) is 16.5. The van der Waals surface area contributed by atoms with Crippen LogP contribution in [0.25, 0.3) is 10.8 Å². The van der Waals surface area contributed by atoms with E-state index in [1.54, 1.807) is 0 Å². The molecule has 2 N–H and O–H groups in total. The molecule has 0 aromatic heterocycles. The Bertz CT molecular complexity index is 1000. The Labute approximate surface area is 177 Å². The predicted molar refractivity (Wildman–Crippen MR) is 123 cm³/mol. The van der Waals surface area contributed by atoms with Gasteiger partial charge < -0.3 is 20.1 Å². The second kappa shape index (κ2) is 9.14. The van der Waals surface area contributed by atoms with E-state index in [2.05, 4.69) is 30.3 Å². The van der Waals surface area contributed by atoms with E-state index in [4.69, 9.17) is 27.4 Å². The van der Waals surface area contributed by atoms with Gasteiger partial charge >= 0.3 is 0 Å². The first kappa shape index (κ1) is 19.5. The summed E-state index contributed by atoms with van der Waals surface area (Å²) >= 11 is 5.13. The van der Waals surface area contributed by atoms with E-state index >= 15 is 0 Å². The molecule has 0 saturated carbocycles. The summed E-state index contributed by atoms with van der Waals surface area (Å²) in [7, 11) is 0. The molecule has 0 spiro atoms. The Morgan fingerprint density at radius 2 is 1.72 bits per heavy atom. The van der Waals surface area contributed by atoms with Gasteiger partial charge in [0, 0.05) is 18.0 Å². The van der Waals surface area contributed by atoms with Gasteiger partial charge in [-0.2, -0.15) is 0 Å². The second-order valence-electron chi connectivity index (χ2n) is 7.27. The number of unbranched alkanes of at least 4 members (excludes halogenated alkanes) is 2. The van der Waals surface area contributed by atoms with Gasteiger partial charge in [-0.3, -0.25) is 0 Å². The van der Waals surface area contributed by atoms with E-state index < -0.39 is 0 Å². The number of thiocarbonyl (C=S) groups is 1. The summed E-state index contributed by atoms with van der Waals surface area (Å²) in [5.74, 6) is 1.83. The lowest BCUT2D eigenvalue weighted by Gasteiger charge is -2.17. The van der Waals surface area contributed by atoms with Crippen molar-refractivity contribution in [3.05, 3.63) is 66.2 Å². The molecule has 0 amide bonds. The smallest absolute Gasteiger partial charge is 0.170 e. The lowest BCUT2D eigenvalue weighted by molar-refractivity contribution is 0.281. The van der Waals surface area contributed by atoms with Gasteiger partial charge in [-0.1, -0.05) is 42.5 Å². The molecule has 1 heterocycles. The average molecular weight is 407 g/mol. The molecule has 5 heteroatoms. The molecule has 0 fully saturated rings. The van der Waals surface area contributed by atoms with Gasteiger partial charge in [0.15, 0.2) is 5.11 Å². The quantitative estimate of drug-likeness (QED) is 0.418. The molecule has 3 aromatic carbocycles. The van der Waals surface area contributed by atoms with Crippen LogP contribution in [0, 0.1) is 0 Å². The fraction of sp³-hybridized carbons (Fsp3) is 0.292. The van der Waals surface area contributed by atoms with Crippen LogP contribution in [-0.4, -0.2) is 24.9 Å². The van der Waals surface area contributed by atoms with Crippen LogP contribution in [0.5, 0.6) is 11.5 Å². The molecule has 4 rings (SSSR count). The van der Waals surface area contributed by atoms with E-state index in [1.807, 2.05) is 35.2 Å². The normalized spacial score (nSPS) is 12.8. The number of nitrogens with zero attached hydrogens (tertiary/aromatic N) is 1. The van der Waals surface area contributed by atoms with Crippen molar-refractivity contribution in [1.29, 1.82) is 0 Å². The highest BCUT2D eigenvalue weighted by atomic mass is 32.1. The summed E-state index contributed by atoms with van der Waals surface area (Å²) in [4.78, 5) is 1.97. The van der Waals surface area contributed by atoms with Crippen LogP contribution < -0.4 is 20.1 Å². The number of nitrogens with two attached hydrogens (primary N) is 1. The fourth-order valence-corrected chi connectivity index (χ4v) is 3.94. The van der Waals surface area contributed by atoms with Crippen molar-refractivity contribution in [3.8, 4) is 11.5 Å². The van der Waals surface area contributed by atoms with Crippen LogP contribution in [0.1, 0.15) is 24.8 Å². The Morgan fingerprint density at radius 1 is 0.931 bits per heavy atom. The number of rotatable bonds is 8. The van der Waals surface area contributed by atoms with Crippen molar-refractivity contribution in [2.45, 2.75) is 25.7 Å². The predicted octanol–water partition coefficient (Wildman–Crippen LogP) is 5.07. The third-order valence-corrected chi connectivity index (χ3v) is 5.50. The maximum Gasteiger partial charge on any atom is 0.170 e. The first-order valence-corrected chi connectivity index (χ1v) is 10.6. The maximum atomic E-state index is 6.00. The standard InChI is InChI=1S/C24H26N2O2S/c25-24(29)26-14-13-19-11-12-20(17-22(19)26)27-15-4-1-5-16-28-23-10-6-8-18-7-2-3-9-21(18)23/h2-3,6-12,17H,1,4-5,13-16H2,(H2,25,29). The zero-order chi connectivity index (χ0) is 20.1. The molecule has 4 nitrogen and oxygen atoms in total. The Hall–Kier alpha value is -2.79. The second-order valence-corrected chi connectivity index (χ2v) is 7.68. The van der Waals surface area contributed by atoms with Gasteiger partial charge in [-0.25, -0.2) is 0 Å². The van der Waals surface area contributed by atoms with E-state index in [-0.39, 0.29) is 0 Å². The molecule has 150 valence electrons. The summed E-state index contributed by atoms with van der Waals surface area (Å²) < 4.78 is 11.9. The number of benzene rings is 3. The third-order valence-electron chi connectivity index (χ3n) is 5.28. The molecule has 0 atom stereocenters. The van der Waals surface area contributed by atoms with E-state index in [1.165, 1.54) is 16.3 Å². The maximum absolute atomic E-state index is 6.00. The van der Waals surface area contributed by atoms with Gasteiger partial charge in [0.25, 0.3) is 0 Å². The van der Waals surface area contributed by atoms with Gasteiger partial charge in [0.2, 0.25) is 0 Å². The van der Waals surface area contributed by atoms with Crippen LogP contribution in [0.15, 0.2) is 60.7 Å². The molecule has 0 aliphatic carbocycles. The third kappa shape index (κ3) is 4.62. The monoisotopic (exact) mass is 406 g/mol. The van der Waals surface area contributed by atoms with Crippen LogP contribution in [0.2, 0.25) is 0 Å². The van der Waals surface area contributed by atoms with E-state index in [0.29, 0.717) is 11.7 Å². The molecule has 3 aromatic rings. The van der Waals surface area contributed by atoms with Crippen molar-refractivity contribution in [1.82, 2.24) is 0 Å². The highest BCUT2D eigenvalue weighted by molar-refractivity contribution is 7.80. The first-order valence-electron chi connectivity index (χ1n) is 10.2. The minimum Gasteiger partial charge on any atom is -0.494 e. The number of anilines is 1. The minimum absolute atomic E-state index is 0.423. The van der Waals surface area contributed by atoms with Crippen molar-refractivity contribution >= 4 is 33.8 Å². The largest absolute Gasteiger partial charge is 0.494 e. The SMILES string of the molecule is NC(=S)N1CCc2ccc(OCCCCCOc3cccc4ccccc34)cc21. The van der Waals surface area contributed by atoms with Crippen molar-refractivity contribution in [2.24, 2.45) is 5.73 Å². The molecule has 1 aliphatic heterocycles. The Morgan fingerprint density at radius 3 is 2.59 bits per heavy atom. The van der Waals surface area contributed by atoms with Crippen molar-refractivity contribution < 1.29 is 9.47 Å². The van der Waals surface area contributed by atoms with Crippen LogP contribution in [-0.2, 0) is 6.42 Å². The Kier molecular flexibility index (Phi) is 6.15. The van der Waals surface area contributed by atoms with Gasteiger partial charge in [0.05, 0.1) is 18.9 Å². The van der Waals surface area contributed by atoms with Gasteiger partial charge in [0.1, 0.15) is 11.5 Å². The van der Waals surface area contributed by atoms with Crippen LogP contribution in [0.3, 0.4) is 0 Å². The van der Waals surface area contributed by atoms with Crippen molar-refractivity contribution in [3.63, 3.8) is 0 Å². The lowest BCUT2D eigenvalue weighted by atomic mass is 10.1. The Balaban J connectivity index is 1.19. The molecule has 0 bridgehead atoms. The number of ether oxygens (including phenoxy) is 2. The molecular formula is C24H26N2O2S. The van der Waals surface area contributed by atoms with Crippen molar-refractivity contribution in [2.75, 3.05) is 24.7 Å². The molecule has 29 heavy (non-hydrogen) atoms. The van der Waals surface area contributed by atoms with E-state index in [0.717, 1.165) is 56.0 Å². The topological polar surface area (TPSA) is 47.7 Å². The highest BCUT2D eigenvalue weighted by Crippen LogP contribution is 2.31. The van der Waals surface area contributed by atoms with E-state index in [9.17, 15) is 0 Å². The van der Waals surface area contributed by atoms with Gasteiger partial charge in [-0.15, -0.1) is 0 Å². The number of hydrogen-bond donors (Lipinski definition) is 1. The molecule has 0 saturated heterocycles. The van der Waals surface area contributed by atoms with Crippen LogP contribution in [0.4, 0.5) is 5.69 Å². The number of hydrogen-bond acceptors (Lipinski definition) is 3. The molecule has 1 aliphatic rings. The molecule has 0 radical (unpaired) electrons. The van der Waals surface area contributed by atoms with Crippen LogP contribution >= 0.6 is 12.2 Å². The fourth-order valence-electron chi connectivity index (χ4n) is 3.75. The average Bonchev–Trinajstić information content (AvgIpc) is 3.17. The number of fused-ring (bicyclic) bond motifs is 2. The molecular weight excluding hydrogens is 380 g/mol. The highest BCUT2D eigenvalue weighted by Gasteiger charge is 2.21. The summed E-state index contributed by atoms with van der Waals surface area (Å²) in [6.07, 6.45) is 4.04. The van der Waals surface area contributed by atoms with Gasteiger partial charge in [-0.05, 0) is 61.0 Å². The summed E-state index contributed by atoms with van der Waals surface area (Å²) in [5, 5.41) is 2.80. The summed E-state index contributed by atoms with van der Waals surface area (Å²) in [6, 6.07) is 20.7. The summed E-state index contributed by atoms with van der Waals surface area (Å²) in [6.45, 7) is 2.26. The minimum atomic E-state index is 0.423. The lowest BCUT2D eigenvalue weighted by Crippen LogP contribution is -2.33. The zero-order valence-corrected chi connectivity index (χ0v) is 17.3. The summed E-state index contributed by atoms with van der Waals surface area (Å²) in [5.41, 5.74) is 8.16. The first-order chi connectivity index (χ1) is 14.2.